The van der Waals surface area contributed by atoms with Gasteiger partial charge in [0.2, 0.25) is 0 Å². The predicted molar refractivity (Wildman–Crippen MR) is 132 cm³/mol. The van der Waals surface area contributed by atoms with Crippen LogP contribution in [0.25, 0.3) is 0 Å². The van der Waals surface area contributed by atoms with Crippen LogP contribution in [0.1, 0.15) is 90.7 Å². The number of rotatable bonds is 7. The number of carbonyl (C=O) groups excluding carboxylic acids is 1. The predicted octanol–water partition coefficient (Wildman–Crippen LogP) is 5.00. The first kappa shape index (κ1) is 24.0. The lowest BCUT2D eigenvalue weighted by Gasteiger charge is -2.38. The summed E-state index contributed by atoms with van der Waals surface area (Å²) in [7, 11) is 0. The van der Waals surface area contributed by atoms with E-state index in [-0.39, 0.29) is 23.8 Å². The SMILES string of the molecule is CCOC(=O)c1cc(C#Cc2ccc(CC(=O)O)cc2)cc2c1C(NCC1CC1)CCC2(C)C. The summed E-state index contributed by atoms with van der Waals surface area (Å²) in [5.41, 5.74) is 5.10. The van der Waals surface area contributed by atoms with Crippen LogP contribution < -0.4 is 5.32 Å². The molecule has 0 amide bonds. The minimum Gasteiger partial charge on any atom is -0.481 e. The molecule has 4 rings (SSSR count). The first-order valence-electron chi connectivity index (χ1n) is 12.2. The number of ether oxygens (including phenoxy) is 1. The molecule has 2 N–H and O–H groups in total. The van der Waals surface area contributed by atoms with Gasteiger partial charge in [-0.15, -0.1) is 0 Å². The second-order valence-corrected chi connectivity index (χ2v) is 10.0. The highest BCUT2D eigenvalue weighted by Crippen LogP contribution is 2.44. The molecular weight excluding hydrogens is 426 g/mol. The monoisotopic (exact) mass is 459 g/mol. The third-order valence-electron chi connectivity index (χ3n) is 6.82. The van der Waals surface area contributed by atoms with E-state index in [0.29, 0.717) is 12.2 Å². The minimum atomic E-state index is -0.855. The molecule has 0 bridgehead atoms. The Kier molecular flexibility index (Phi) is 7.09. The lowest BCUT2D eigenvalue weighted by atomic mass is 9.69. The Balaban J connectivity index is 1.70. The molecule has 1 atom stereocenters. The molecule has 2 aliphatic rings. The van der Waals surface area contributed by atoms with Crippen LogP contribution in [0.3, 0.4) is 0 Å². The molecule has 1 saturated carbocycles. The van der Waals surface area contributed by atoms with Crippen molar-refractivity contribution in [2.45, 2.75) is 64.3 Å². The van der Waals surface area contributed by atoms with Crippen LogP contribution in [-0.4, -0.2) is 30.2 Å². The van der Waals surface area contributed by atoms with E-state index in [1.165, 1.54) is 18.4 Å². The van der Waals surface area contributed by atoms with Crippen LogP contribution in [0.4, 0.5) is 0 Å². The van der Waals surface area contributed by atoms with Gasteiger partial charge in [0.15, 0.2) is 0 Å². The number of aliphatic carboxylic acids is 1. The molecule has 0 radical (unpaired) electrons. The number of carbonyl (C=O) groups is 2. The van der Waals surface area contributed by atoms with Crippen molar-refractivity contribution in [3.8, 4) is 11.8 Å². The molecule has 1 unspecified atom stereocenters. The molecule has 1 fully saturated rings. The summed E-state index contributed by atoms with van der Waals surface area (Å²) in [6.07, 6.45) is 4.59. The Labute approximate surface area is 201 Å². The number of hydrogen-bond donors (Lipinski definition) is 2. The highest BCUT2D eigenvalue weighted by Gasteiger charge is 2.37. The van der Waals surface area contributed by atoms with Crippen molar-refractivity contribution in [3.63, 3.8) is 0 Å². The van der Waals surface area contributed by atoms with Gasteiger partial charge in [0.1, 0.15) is 0 Å². The van der Waals surface area contributed by atoms with Crippen LogP contribution in [-0.2, 0) is 21.4 Å². The number of carboxylic acids is 1. The Morgan fingerprint density at radius 3 is 2.44 bits per heavy atom. The maximum absolute atomic E-state index is 13.0. The molecule has 2 aromatic carbocycles. The van der Waals surface area contributed by atoms with Gasteiger partial charge < -0.3 is 15.2 Å². The van der Waals surface area contributed by atoms with E-state index < -0.39 is 5.97 Å². The molecule has 0 heterocycles. The van der Waals surface area contributed by atoms with Gasteiger partial charge in [-0.25, -0.2) is 4.79 Å². The standard InChI is InChI=1S/C29H33NO4/c1-4-34-28(33)23-15-22(12-7-19-5-8-20(9-6-19)17-26(31)32)16-24-27(23)25(13-14-29(24,2)3)30-18-21-10-11-21/h5-6,8-9,15-16,21,25,30H,4,10-11,13-14,17-18H2,1-3H3,(H,31,32). The summed E-state index contributed by atoms with van der Waals surface area (Å²) in [5.74, 6) is 6.01. The second kappa shape index (κ2) is 10.0. The average molecular weight is 460 g/mol. The van der Waals surface area contributed by atoms with Crippen LogP contribution in [0.15, 0.2) is 36.4 Å². The van der Waals surface area contributed by atoms with Gasteiger partial charge in [-0.3, -0.25) is 4.79 Å². The second-order valence-electron chi connectivity index (χ2n) is 10.0. The van der Waals surface area contributed by atoms with Gasteiger partial charge in [0.05, 0.1) is 18.6 Å². The first-order valence-corrected chi connectivity index (χ1v) is 12.2. The number of esters is 1. The van der Waals surface area contributed by atoms with Gasteiger partial charge in [0.25, 0.3) is 0 Å². The van der Waals surface area contributed by atoms with E-state index in [2.05, 4.69) is 37.1 Å². The average Bonchev–Trinajstić information content (AvgIpc) is 3.62. The Morgan fingerprint density at radius 2 is 1.79 bits per heavy atom. The molecule has 5 nitrogen and oxygen atoms in total. The summed E-state index contributed by atoms with van der Waals surface area (Å²) in [5, 5.41) is 12.7. The number of nitrogens with one attached hydrogen (secondary N) is 1. The molecule has 2 aliphatic carbocycles. The van der Waals surface area contributed by atoms with E-state index >= 15 is 0 Å². The Bertz CT molecular complexity index is 1130. The first-order chi connectivity index (χ1) is 16.3. The zero-order valence-electron chi connectivity index (χ0n) is 20.2. The lowest BCUT2D eigenvalue weighted by Crippen LogP contribution is -2.35. The van der Waals surface area contributed by atoms with E-state index in [9.17, 15) is 9.59 Å². The van der Waals surface area contributed by atoms with Crippen LogP contribution in [0.2, 0.25) is 0 Å². The molecule has 5 heteroatoms. The highest BCUT2D eigenvalue weighted by atomic mass is 16.5. The Morgan fingerprint density at radius 1 is 1.09 bits per heavy atom. The molecule has 0 aliphatic heterocycles. The maximum atomic E-state index is 13.0. The van der Waals surface area contributed by atoms with E-state index in [0.717, 1.165) is 47.6 Å². The smallest absolute Gasteiger partial charge is 0.338 e. The summed E-state index contributed by atoms with van der Waals surface area (Å²) < 4.78 is 5.45. The van der Waals surface area contributed by atoms with Crippen molar-refractivity contribution >= 4 is 11.9 Å². The summed E-state index contributed by atoms with van der Waals surface area (Å²) in [4.78, 5) is 23.9. The van der Waals surface area contributed by atoms with E-state index in [4.69, 9.17) is 9.84 Å². The zero-order valence-corrected chi connectivity index (χ0v) is 20.2. The van der Waals surface area contributed by atoms with E-state index in [1.54, 1.807) is 12.1 Å². The molecule has 0 spiro atoms. The number of hydrogen-bond acceptors (Lipinski definition) is 4. The number of carboxylic acid groups (broad SMARTS) is 1. The molecule has 0 aromatic heterocycles. The van der Waals surface area contributed by atoms with Crippen molar-refractivity contribution in [1.29, 1.82) is 0 Å². The van der Waals surface area contributed by atoms with Gasteiger partial charge in [-0.05, 0) is 91.4 Å². The Hall–Kier alpha value is -3.10. The quantitative estimate of drug-likeness (QED) is 0.450. The summed E-state index contributed by atoms with van der Waals surface area (Å²) in [6, 6.07) is 11.4. The van der Waals surface area contributed by atoms with Crippen molar-refractivity contribution < 1.29 is 19.4 Å². The number of fused-ring (bicyclic) bond motifs is 1. The van der Waals surface area contributed by atoms with E-state index in [1.807, 2.05) is 25.1 Å². The summed E-state index contributed by atoms with van der Waals surface area (Å²) >= 11 is 0. The zero-order chi connectivity index (χ0) is 24.3. The molecule has 0 saturated heterocycles. The largest absolute Gasteiger partial charge is 0.481 e. The third kappa shape index (κ3) is 5.69. The molecule has 34 heavy (non-hydrogen) atoms. The topological polar surface area (TPSA) is 75.6 Å². The number of benzene rings is 2. The summed E-state index contributed by atoms with van der Waals surface area (Å²) in [6.45, 7) is 7.61. The van der Waals surface area contributed by atoms with Crippen LogP contribution in [0.5, 0.6) is 0 Å². The normalized spacial score (nSPS) is 18.4. The fourth-order valence-electron chi connectivity index (χ4n) is 4.68. The van der Waals surface area contributed by atoms with Gasteiger partial charge >= 0.3 is 11.9 Å². The van der Waals surface area contributed by atoms with Crippen LogP contribution in [0, 0.1) is 17.8 Å². The van der Waals surface area contributed by atoms with Crippen molar-refractivity contribution in [2.75, 3.05) is 13.2 Å². The van der Waals surface area contributed by atoms with Crippen molar-refractivity contribution in [2.24, 2.45) is 5.92 Å². The fraction of sp³-hybridized carbons (Fsp3) is 0.448. The van der Waals surface area contributed by atoms with Crippen LogP contribution >= 0.6 is 0 Å². The highest BCUT2D eigenvalue weighted by molar-refractivity contribution is 5.92. The molecule has 178 valence electrons. The third-order valence-corrected chi connectivity index (χ3v) is 6.82. The van der Waals surface area contributed by atoms with Gasteiger partial charge in [0, 0.05) is 17.2 Å². The molecule has 2 aromatic rings. The molecular formula is C29H33NO4. The lowest BCUT2D eigenvalue weighted by molar-refractivity contribution is -0.136. The van der Waals surface area contributed by atoms with Gasteiger partial charge in [-0.2, -0.15) is 0 Å². The van der Waals surface area contributed by atoms with Crippen molar-refractivity contribution in [3.05, 3.63) is 69.8 Å². The van der Waals surface area contributed by atoms with Gasteiger partial charge in [-0.1, -0.05) is 37.8 Å². The van der Waals surface area contributed by atoms with Crippen molar-refractivity contribution in [1.82, 2.24) is 5.32 Å². The fourth-order valence-corrected chi connectivity index (χ4v) is 4.68. The maximum Gasteiger partial charge on any atom is 0.338 e. The minimum absolute atomic E-state index is 0.00748.